The van der Waals surface area contributed by atoms with Gasteiger partial charge in [-0.1, -0.05) is 38.3 Å². The van der Waals surface area contributed by atoms with E-state index in [4.69, 9.17) is 0 Å². The zero-order chi connectivity index (χ0) is 29.9. The van der Waals surface area contributed by atoms with Gasteiger partial charge in [-0.2, -0.15) is 22.0 Å². The van der Waals surface area contributed by atoms with E-state index >= 15 is 0 Å². The van der Waals surface area contributed by atoms with Crippen LogP contribution in [0.25, 0.3) is 0 Å². The summed E-state index contributed by atoms with van der Waals surface area (Å²) in [5, 5.41) is 0. The number of ether oxygens (including phenoxy) is 1. The second-order valence-electron chi connectivity index (χ2n) is 11.6. The molecule has 0 spiro atoms. The number of rotatable bonds is 9. The fraction of sp³-hybridized carbons (Fsp3) is 0.613. The van der Waals surface area contributed by atoms with Crippen molar-refractivity contribution in [1.82, 2.24) is 0 Å². The summed E-state index contributed by atoms with van der Waals surface area (Å²) in [6.07, 6.45) is -1.87. The first-order valence-corrected chi connectivity index (χ1v) is 14.4. The predicted molar refractivity (Wildman–Crippen MR) is 137 cm³/mol. The van der Waals surface area contributed by atoms with Crippen molar-refractivity contribution in [2.75, 3.05) is 0 Å². The minimum atomic E-state index is -5.30. The van der Waals surface area contributed by atoms with E-state index in [0.29, 0.717) is 29.4 Å². The van der Waals surface area contributed by atoms with Crippen molar-refractivity contribution in [1.29, 1.82) is 0 Å². The number of hydrogen-bond donors (Lipinski definition) is 0. The van der Waals surface area contributed by atoms with Gasteiger partial charge >= 0.3 is 12.3 Å². The first-order valence-electron chi connectivity index (χ1n) is 14.4. The third-order valence-electron chi connectivity index (χ3n) is 8.89. The standard InChI is InChI=1S/C31H35F9O/c1-2-3-22-12-13-24(29(35)28(22)34)21-10-8-20(9-11-21)19-6-4-18(5-7-19)14-15-30(36,37)41-23-16-25(32)27(26(33)17-23)31(38,39)40/h12-13,16-21H,2-11,14-15H2,1H3. The molecule has 2 aromatic carbocycles. The van der Waals surface area contributed by atoms with Crippen molar-refractivity contribution in [3.63, 3.8) is 0 Å². The molecule has 0 N–H and O–H groups in total. The lowest BCUT2D eigenvalue weighted by atomic mass is 9.68. The first kappa shape index (κ1) is 31.5. The molecule has 2 aliphatic rings. The van der Waals surface area contributed by atoms with Gasteiger partial charge in [0.1, 0.15) is 22.9 Å². The number of aryl methyl sites for hydroxylation is 1. The van der Waals surface area contributed by atoms with Gasteiger partial charge in [0.15, 0.2) is 11.6 Å². The van der Waals surface area contributed by atoms with E-state index in [1.165, 1.54) is 0 Å². The lowest BCUT2D eigenvalue weighted by Crippen LogP contribution is -2.28. The van der Waals surface area contributed by atoms with Crippen molar-refractivity contribution in [2.45, 2.75) is 102 Å². The number of alkyl halides is 5. The molecular formula is C31H35F9O. The highest BCUT2D eigenvalue weighted by Crippen LogP contribution is 2.46. The highest BCUT2D eigenvalue weighted by atomic mass is 19.4. The smallest absolute Gasteiger partial charge is 0.422 e. The van der Waals surface area contributed by atoms with Crippen molar-refractivity contribution < 1.29 is 44.3 Å². The van der Waals surface area contributed by atoms with Crippen molar-refractivity contribution in [3.8, 4) is 5.75 Å². The Morgan fingerprint density at radius 2 is 1.32 bits per heavy atom. The van der Waals surface area contributed by atoms with E-state index < -0.39 is 53.3 Å². The molecule has 0 amide bonds. The average Bonchev–Trinajstić information content (AvgIpc) is 2.89. The predicted octanol–water partition coefficient (Wildman–Crippen LogP) is 10.7. The highest BCUT2D eigenvalue weighted by molar-refractivity contribution is 5.32. The van der Waals surface area contributed by atoms with E-state index in [9.17, 15) is 39.5 Å². The molecule has 41 heavy (non-hydrogen) atoms. The van der Waals surface area contributed by atoms with E-state index in [1.807, 2.05) is 6.92 Å². The molecular weight excluding hydrogens is 559 g/mol. The summed E-state index contributed by atoms with van der Waals surface area (Å²) in [5.41, 5.74) is -1.29. The average molecular weight is 595 g/mol. The maximum Gasteiger partial charge on any atom is 0.422 e. The molecule has 0 aliphatic heterocycles. The summed E-state index contributed by atoms with van der Waals surface area (Å²) in [6, 6.07) is 3.65. The van der Waals surface area contributed by atoms with Crippen LogP contribution in [0.4, 0.5) is 39.5 Å². The van der Waals surface area contributed by atoms with Crippen LogP contribution >= 0.6 is 0 Å². The molecule has 0 heterocycles. The number of halogens is 9. The Hall–Kier alpha value is -2.39. The first-order chi connectivity index (χ1) is 19.3. The Morgan fingerprint density at radius 1 is 0.756 bits per heavy atom. The quantitative estimate of drug-likeness (QED) is 0.263. The van der Waals surface area contributed by atoms with Crippen LogP contribution in [-0.4, -0.2) is 6.11 Å². The maximum absolute atomic E-state index is 14.7. The van der Waals surface area contributed by atoms with Gasteiger partial charge in [-0.3, -0.25) is 0 Å². The molecule has 10 heteroatoms. The van der Waals surface area contributed by atoms with E-state index in [0.717, 1.165) is 57.8 Å². The lowest BCUT2D eigenvalue weighted by Gasteiger charge is -2.38. The largest absolute Gasteiger partial charge is 0.432 e. The van der Waals surface area contributed by atoms with Crippen molar-refractivity contribution in [3.05, 3.63) is 64.2 Å². The lowest BCUT2D eigenvalue weighted by molar-refractivity contribution is -0.183. The van der Waals surface area contributed by atoms with Crippen LogP contribution < -0.4 is 4.74 Å². The zero-order valence-corrected chi connectivity index (χ0v) is 22.9. The molecule has 4 rings (SSSR count). The van der Waals surface area contributed by atoms with Crippen LogP contribution in [0.2, 0.25) is 0 Å². The van der Waals surface area contributed by atoms with Gasteiger partial charge in [0.25, 0.3) is 0 Å². The Balaban J connectivity index is 1.23. The van der Waals surface area contributed by atoms with Crippen LogP contribution in [0.5, 0.6) is 5.75 Å². The van der Waals surface area contributed by atoms with Crippen LogP contribution in [0, 0.1) is 41.0 Å². The molecule has 0 saturated heterocycles. The third-order valence-corrected chi connectivity index (χ3v) is 8.89. The Bertz CT molecular complexity index is 1150. The third kappa shape index (κ3) is 7.72. The normalized spacial score (nSPS) is 24.0. The van der Waals surface area contributed by atoms with Crippen molar-refractivity contribution >= 4 is 0 Å². The van der Waals surface area contributed by atoms with Crippen molar-refractivity contribution in [2.24, 2.45) is 17.8 Å². The van der Waals surface area contributed by atoms with Gasteiger partial charge in [0.2, 0.25) is 0 Å². The van der Waals surface area contributed by atoms with Gasteiger partial charge in [0, 0.05) is 12.1 Å². The summed E-state index contributed by atoms with van der Waals surface area (Å²) in [4.78, 5) is 0. The Kier molecular flexibility index (Phi) is 9.89. The Morgan fingerprint density at radius 3 is 1.85 bits per heavy atom. The summed E-state index contributed by atoms with van der Waals surface area (Å²) >= 11 is 0. The minimum Gasteiger partial charge on any atom is -0.432 e. The summed E-state index contributed by atoms with van der Waals surface area (Å²) in [5.74, 6) is -5.61. The molecule has 0 atom stereocenters. The van der Waals surface area contributed by atoms with E-state index in [-0.39, 0.29) is 30.4 Å². The zero-order valence-electron chi connectivity index (χ0n) is 22.9. The van der Waals surface area contributed by atoms with Gasteiger partial charge in [0.05, 0.1) is 6.42 Å². The topological polar surface area (TPSA) is 9.23 Å². The van der Waals surface area contributed by atoms with E-state index in [1.54, 1.807) is 12.1 Å². The molecule has 0 bridgehead atoms. The molecule has 228 valence electrons. The molecule has 2 fully saturated rings. The molecule has 0 radical (unpaired) electrons. The van der Waals surface area contributed by atoms with Crippen LogP contribution in [0.3, 0.4) is 0 Å². The number of benzene rings is 2. The van der Waals surface area contributed by atoms with Crippen LogP contribution in [-0.2, 0) is 12.6 Å². The fourth-order valence-corrected chi connectivity index (χ4v) is 6.71. The highest BCUT2D eigenvalue weighted by Gasteiger charge is 2.40. The Labute approximate surface area is 234 Å². The molecule has 2 aromatic rings. The van der Waals surface area contributed by atoms with Gasteiger partial charge in [-0.15, -0.1) is 0 Å². The minimum absolute atomic E-state index is 0.0110. The molecule has 2 saturated carbocycles. The fourth-order valence-electron chi connectivity index (χ4n) is 6.71. The van der Waals surface area contributed by atoms with Gasteiger partial charge in [-0.25, -0.2) is 17.6 Å². The molecule has 0 unspecified atom stereocenters. The second-order valence-corrected chi connectivity index (χ2v) is 11.6. The van der Waals surface area contributed by atoms with Gasteiger partial charge < -0.3 is 4.74 Å². The summed E-state index contributed by atoms with van der Waals surface area (Å²) in [7, 11) is 0. The summed E-state index contributed by atoms with van der Waals surface area (Å²) < 4.78 is 128. The monoisotopic (exact) mass is 594 g/mol. The molecule has 0 aromatic heterocycles. The summed E-state index contributed by atoms with van der Waals surface area (Å²) in [6.45, 7) is 1.92. The van der Waals surface area contributed by atoms with Crippen LogP contribution in [0.1, 0.15) is 100 Å². The second kappa shape index (κ2) is 12.9. The molecule has 2 aliphatic carbocycles. The number of hydrogen-bond acceptors (Lipinski definition) is 1. The van der Waals surface area contributed by atoms with Crippen LogP contribution in [0.15, 0.2) is 24.3 Å². The maximum atomic E-state index is 14.7. The molecule has 1 nitrogen and oxygen atoms in total. The van der Waals surface area contributed by atoms with Gasteiger partial charge in [-0.05, 0) is 86.2 Å². The van der Waals surface area contributed by atoms with E-state index in [2.05, 4.69) is 4.74 Å². The SMILES string of the molecule is CCCc1ccc(C2CCC(C3CCC(CCC(F)(F)Oc4cc(F)c(C(F)(F)F)c(F)c4)CC3)CC2)c(F)c1F.